The van der Waals surface area contributed by atoms with E-state index >= 15 is 0 Å². The van der Waals surface area contributed by atoms with Crippen LogP contribution < -0.4 is 20.1 Å². The van der Waals surface area contributed by atoms with E-state index in [1.807, 2.05) is 32.3 Å². The number of carbonyl (C=O) groups excluding carboxylic acids is 1. The van der Waals surface area contributed by atoms with E-state index < -0.39 is 0 Å². The Bertz CT molecular complexity index is 538. The topological polar surface area (TPSA) is 62.8 Å². The zero-order valence-corrected chi connectivity index (χ0v) is 17.4. The predicted octanol–water partition coefficient (Wildman–Crippen LogP) is 2.10. The maximum Gasteiger partial charge on any atom is 0.223 e. The average Bonchev–Trinajstić information content (AvgIpc) is 2.60. The highest BCUT2D eigenvalue weighted by Gasteiger charge is 2.20. The molecule has 1 saturated heterocycles. The van der Waals surface area contributed by atoms with E-state index in [1.54, 1.807) is 7.11 Å². The number of benzene rings is 1. The van der Waals surface area contributed by atoms with Crippen molar-refractivity contribution in [2.24, 2.45) is 5.92 Å². The Hall–Kier alpha value is -1.21. The first-order chi connectivity index (χ1) is 11.6. The van der Waals surface area contributed by atoms with E-state index in [2.05, 4.69) is 15.5 Å². The molecule has 2 N–H and O–H groups in total. The minimum absolute atomic E-state index is 0. The molecule has 0 aliphatic carbocycles. The first-order valence-corrected chi connectivity index (χ1v) is 8.53. The normalized spacial score (nSPS) is 14.2. The molecule has 2 rings (SSSR count). The highest BCUT2D eigenvalue weighted by Crippen LogP contribution is 2.28. The number of carbonyl (C=O) groups is 1. The molecule has 1 aromatic rings. The molecule has 0 radical (unpaired) electrons. The van der Waals surface area contributed by atoms with Gasteiger partial charge in [0, 0.05) is 19.0 Å². The third-order valence-electron chi connectivity index (χ3n) is 4.20. The lowest BCUT2D eigenvalue weighted by atomic mass is 9.97. The maximum atomic E-state index is 12.2. The van der Waals surface area contributed by atoms with Crippen molar-refractivity contribution in [2.45, 2.75) is 19.4 Å². The first-order valence-electron chi connectivity index (χ1n) is 8.53. The smallest absolute Gasteiger partial charge is 0.223 e. The maximum absolute atomic E-state index is 12.2. The molecule has 1 aliphatic heterocycles. The summed E-state index contributed by atoms with van der Waals surface area (Å²) in [6, 6.07) is 5.80. The van der Waals surface area contributed by atoms with E-state index in [0.29, 0.717) is 18.9 Å². The molecule has 8 heteroatoms. The van der Waals surface area contributed by atoms with Crippen molar-refractivity contribution >= 4 is 30.7 Å². The third-order valence-corrected chi connectivity index (χ3v) is 4.20. The molecule has 1 aromatic carbocycles. The highest BCUT2D eigenvalue weighted by atomic mass is 35.5. The van der Waals surface area contributed by atoms with Crippen LogP contribution >= 0.6 is 24.8 Å². The van der Waals surface area contributed by atoms with Crippen molar-refractivity contribution in [3.8, 4) is 11.5 Å². The standard InChI is InChI=1S/C18H29N3O3.2ClH/c1-21(2)10-11-24-16-5-4-14(12-17(16)23-3)13-20-18(22)15-6-8-19-9-7-15;;/h4-5,12,15,19H,6-11,13H2,1-3H3,(H,20,22);2*1H. The number of hydrogen-bond acceptors (Lipinski definition) is 5. The van der Waals surface area contributed by atoms with E-state index in [4.69, 9.17) is 9.47 Å². The van der Waals surface area contributed by atoms with Crippen LogP contribution in [0.25, 0.3) is 0 Å². The molecule has 6 nitrogen and oxygen atoms in total. The average molecular weight is 408 g/mol. The minimum Gasteiger partial charge on any atom is -0.493 e. The molecule has 0 bridgehead atoms. The molecule has 150 valence electrons. The molecule has 0 aromatic heterocycles. The number of piperidine rings is 1. The number of rotatable bonds is 8. The van der Waals surface area contributed by atoms with Crippen molar-refractivity contribution in [1.82, 2.24) is 15.5 Å². The number of ether oxygens (including phenoxy) is 2. The molecular formula is C18H31Cl2N3O3. The summed E-state index contributed by atoms with van der Waals surface area (Å²) in [5.74, 6) is 1.69. The number of nitrogens with one attached hydrogen (secondary N) is 2. The highest BCUT2D eigenvalue weighted by molar-refractivity contribution is 5.85. The van der Waals surface area contributed by atoms with Crippen LogP contribution in [-0.2, 0) is 11.3 Å². The summed E-state index contributed by atoms with van der Waals surface area (Å²) in [7, 11) is 5.65. The van der Waals surface area contributed by atoms with Crippen LogP contribution in [0, 0.1) is 5.92 Å². The first kappa shape index (κ1) is 24.8. The van der Waals surface area contributed by atoms with E-state index in [1.165, 1.54) is 0 Å². The van der Waals surface area contributed by atoms with Crippen molar-refractivity contribution < 1.29 is 14.3 Å². The lowest BCUT2D eigenvalue weighted by molar-refractivity contribution is -0.125. The van der Waals surface area contributed by atoms with Crippen LogP contribution in [-0.4, -0.2) is 58.3 Å². The van der Waals surface area contributed by atoms with E-state index in [0.717, 1.165) is 43.8 Å². The Morgan fingerprint density at radius 2 is 1.92 bits per heavy atom. The summed E-state index contributed by atoms with van der Waals surface area (Å²) in [5.41, 5.74) is 1.01. The molecule has 1 amide bonds. The van der Waals surface area contributed by atoms with Gasteiger partial charge in [-0.05, 0) is 57.7 Å². The molecule has 1 aliphatic rings. The number of nitrogens with zero attached hydrogens (tertiary/aromatic N) is 1. The lowest BCUT2D eigenvalue weighted by Gasteiger charge is -2.21. The molecule has 0 spiro atoms. The van der Waals surface area contributed by atoms with Gasteiger partial charge in [0.15, 0.2) is 11.5 Å². The Morgan fingerprint density at radius 1 is 1.23 bits per heavy atom. The molecule has 0 unspecified atom stereocenters. The van der Waals surface area contributed by atoms with Gasteiger partial charge in [0.25, 0.3) is 0 Å². The SMILES string of the molecule is COc1cc(CNC(=O)C2CCNCC2)ccc1OCCN(C)C.Cl.Cl. The summed E-state index contributed by atoms with van der Waals surface area (Å²) < 4.78 is 11.2. The van der Waals surface area contributed by atoms with Crippen molar-refractivity contribution in [1.29, 1.82) is 0 Å². The quantitative estimate of drug-likeness (QED) is 0.690. The molecule has 0 saturated carbocycles. The van der Waals surface area contributed by atoms with Gasteiger partial charge in [-0.2, -0.15) is 0 Å². The van der Waals surface area contributed by atoms with Crippen molar-refractivity contribution in [2.75, 3.05) is 47.4 Å². The van der Waals surface area contributed by atoms with Crippen LogP contribution in [0.15, 0.2) is 18.2 Å². The van der Waals surface area contributed by atoms with Gasteiger partial charge in [-0.1, -0.05) is 6.07 Å². The second-order valence-corrected chi connectivity index (χ2v) is 6.38. The Kier molecular flexibility index (Phi) is 12.4. The molecular weight excluding hydrogens is 377 g/mol. The summed E-state index contributed by atoms with van der Waals surface area (Å²) in [6.45, 7) is 3.80. The molecule has 26 heavy (non-hydrogen) atoms. The van der Waals surface area contributed by atoms with Gasteiger partial charge < -0.3 is 25.0 Å². The van der Waals surface area contributed by atoms with Gasteiger partial charge in [-0.25, -0.2) is 0 Å². The fraction of sp³-hybridized carbons (Fsp3) is 0.611. The van der Waals surface area contributed by atoms with Crippen LogP contribution in [0.3, 0.4) is 0 Å². The fourth-order valence-electron chi connectivity index (χ4n) is 2.70. The van der Waals surface area contributed by atoms with Crippen molar-refractivity contribution in [3.63, 3.8) is 0 Å². The zero-order chi connectivity index (χ0) is 17.4. The summed E-state index contributed by atoms with van der Waals surface area (Å²) in [6.07, 6.45) is 1.82. The molecule has 1 fully saturated rings. The fourth-order valence-corrected chi connectivity index (χ4v) is 2.70. The number of methoxy groups -OCH3 is 1. The summed E-state index contributed by atoms with van der Waals surface area (Å²) in [5, 5.41) is 6.30. The lowest BCUT2D eigenvalue weighted by Crippen LogP contribution is -2.37. The van der Waals surface area contributed by atoms with E-state index in [-0.39, 0.29) is 36.6 Å². The van der Waals surface area contributed by atoms with Crippen LogP contribution in [0.1, 0.15) is 18.4 Å². The molecule has 1 heterocycles. The van der Waals surface area contributed by atoms with Gasteiger partial charge >= 0.3 is 0 Å². The second kappa shape index (κ2) is 13.0. The number of amides is 1. The van der Waals surface area contributed by atoms with Gasteiger partial charge in [-0.15, -0.1) is 24.8 Å². The predicted molar refractivity (Wildman–Crippen MR) is 109 cm³/mol. The second-order valence-electron chi connectivity index (χ2n) is 6.38. The monoisotopic (exact) mass is 407 g/mol. The number of halogens is 2. The Labute approximate surface area is 168 Å². The largest absolute Gasteiger partial charge is 0.493 e. The van der Waals surface area contributed by atoms with Gasteiger partial charge in [0.1, 0.15) is 6.61 Å². The van der Waals surface area contributed by atoms with Crippen LogP contribution in [0.2, 0.25) is 0 Å². The zero-order valence-electron chi connectivity index (χ0n) is 15.7. The molecule has 0 atom stereocenters. The van der Waals surface area contributed by atoms with E-state index in [9.17, 15) is 4.79 Å². The summed E-state index contributed by atoms with van der Waals surface area (Å²) in [4.78, 5) is 14.3. The Balaban J connectivity index is 0.00000312. The summed E-state index contributed by atoms with van der Waals surface area (Å²) >= 11 is 0. The van der Waals surface area contributed by atoms with Gasteiger partial charge in [-0.3, -0.25) is 4.79 Å². The van der Waals surface area contributed by atoms with Gasteiger partial charge in [0.05, 0.1) is 7.11 Å². The van der Waals surface area contributed by atoms with Crippen molar-refractivity contribution in [3.05, 3.63) is 23.8 Å². The number of hydrogen-bond donors (Lipinski definition) is 2. The van der Waals surface area contributed by atoms with Crippen LogP contribution in [0.5, 0.6) is 11.5 Å². The minimum atomic E-state index is 0. The van der Waals surface area contributed by atoms with Gasteiger partial charge in [0.2, 0.25) is 5.91 Å². The van der Waals surface area contributed by atoms with Crippen LogP contribution in [0.4, 0.5) is 0 Å². The third kappa shape index (κ3) is 7.99. The Morgan fingerprint density at radius 3 is 2.54 bits per heavy atom. The number of likely N-dealkylation sites (N-methyl/N-ethyl adjacent to an activating group) is 1.